The topological polar surface area (TPSA) is 118 Å². The monoisotopic (exact) mass is 520 g/mol. The van der Waals surface area contributed by atoms with E-state index in [-0.39, 0.29) is 23.1 Å². The molecule has 2 aliphatic rings. The van der Waals surface area contributed by atoms with Gasteiger partial charge in [-0.25, -0.2) is 9.18 Å². The number of benzene rings is 2. The van der Waals surface area contributed by atoms with Crippen molar-refractivity contribution in [2.24, 2.45) is 5.92 Å². The van der Waals surface area contributed by atoms with Gasteiger partial charge in [0, 0.05) is 50.4 Å². The number of nitrogens with one attached hydrogen (secondary N) is 3. The van der Waals surface area contributed by atoms with Crippen molar-refractivity contribution < 1.29 is 18.8 Å². The van der Waals surface area contributed by atoms with Crippen LogP contribution in [0.1, 0.15) is 53.0 Å². The minimum Gasteiger partial charge on any atom is -0.338 e. The lowest BCUT2D eigenvalue weighted by molar-refractivity contribution is 0.0627. The summed E-state index contributed by atoms with van der Waals surface area (Å²) in [4.78, 5) is 41.3. The van der Waals surface area contributed by atoms with Crippen LogP contribution in [-0.2, 0) is 6.54 Å². The van der Waals surface area contributed by atoms with E-state index in [4.69, 9.17) is 5.26 Å². The van der Waals surface area contributed by atoms with Gasteiger partial charge in [-0.05, 0) is 68.5 Å². The molecule has 0 aromatic heterocycles. The summed E-state index contributed by atoms with van der Waals surface area (Å²) >= 11 is 0. The Balaban J connectivity index is 1.28. The van der Waals surface area contributed by atoms with Crippen LogP contribution in [0.2, 0.25) is 0 Å². The van der Waals surface area contributed by atoms with Gasteiger partial charge in [0.2, 0.25) is 0 Å². The lowest BCUT2D eigenvalue weighted by atomic mass is 10.1. The van der Waals surface area contributed by atoms with Crippen LogP contribution in [0.3, 0.4) is 0 Å². The number of anilines is 1. The third kappa shape index (κ3) is 7.29. The van der Waals surface area contributed by atoms with E-state index >= 15 is 0 Å². The van der Waals surface area contributed by atoms with Crippen LogP contribution in [-0.4, -0.2) is 65.9 Å². The molecule has 3 N–H and O–H groups in total. The number of amides is 4. The van der Waals surface area contributed by atoms with Crippen LogP contribution >= 0.6 is 0 Å². The molecule has 1 aliphatic carbocycles. The zero-order chi connectivity index (χ0) is 27.3. The van der Waals surface area contributed by atoms with Crippen LogP contribution < -0.4 is 16.0 Å². The van der Waals surface area contributed by atoms with Crippen LogP contribution in [0.25, 0.3) is 0 Å². The second-order valence-corrected chi connectivity index (χ2v) is 10.4. The predicted molar refractivity (Wildman–Crippen MR) is 141 cm³/mol. The maximum absolute atomic E-state index is 14.6. The van der Waals surface area contributed by atoms with Crippen LogP contribution in [0.5, 0.6) is 0 Å². The van der Waals surface area contributed by atoms with Gasteiger partial charge in [-0.15, -0.1) is 0 Å². The zero-order valence-electron chi connectivity index (χ0n) is 21.7. The molecule has 0 bridgehead atoms. The van der Waals surface area contributed by atoms with Crippen LogP contribution in [0, 0.1) is 23.1 Å². The molecule has 1 heterocycles. The largest absolute Gasteiger partial charge is 0.338 e. The predicted octanol–water partition coefficient (Wildman–Crippen LogP) is 3.35. The average molecular weight is 521 g/mol. The first-order valence-corrected chi connectivity index (χ1v) is 12.8. The SMILES string of the molecule is CC(C)(C#N)NC(=O)c1cccc(CN2CCN(C(=O)c3ccc(NC(=O)NCC4CC4)c(F)c3)CC2)c1. The second kappa shape index (κ2) is 11.6. The number of hydrogen-bond donors (Lipinski definition) is 3. The molecule has 0 atom stereocenters. The Morgan fingerprint density at radius 2 is 1.79 bits per heavy atom. The minimum absolute atomic E-state index is 0.0340. The molecule has 2 aromatic carbocycles. The van der Waals surface area contributed by atoms with Crippen molar-refractivity contribution in [2.75, 3.05) is 38.0 Å². The normalized spacial score (nSPS) is 15.9. The van der Waals surface area contributed by atoms with Crippen molar-refractivity contribution in [1.29, 1.82) is 5.26 Å². The van der Waals surface area contributed by atoms with E-state index in [1.165, 1.54) is 12.1 Å². The van der Waals surface area contributed by atoms with Gasteiger partial charge in [-0.3, -0.25) is 14.5 Å². The van der Waals surface area contributed by atoms with E-state index in [2.05, 4.69) is 26.9 Å². The van der Waals surface area contributed by atoms with E-state index in [1.54, 1.807) is 24.8 Å². The standard InChI is InChI=1S/C28H33FN6O3/c1-28(2,18-30)33-25(36)21-5-3-4-20(14-21)17-34-10-12-35(13-11-34)26(37)22-8-9-24(23(29)15-22)32-27(38)31-16-19-6-7-19/h3-5,8-9,14-15,19H,6-7,10-13,16-17H2,1-2H3,(H,33,36)(H2,31,32,38). The summed E-state index contributed by atoms with van der Waals surface area (Å²) in [6.45, 7) is 6.72. The average Bonchev–Trinajstić information content (AvgIpc) is 3.73. The van der Waals surface area contributed by atoms with Gasteiger partial charge in [0.25, 0.3) is 11.8 Å². The smallest absolute Gasteiger partial charge is 0.319 e. The molecule has 1 saturated heterocycles. The summed E-state index contributed by atoms with van der Waals surface area (Å²) in [6.07, 6.45) is 2.21. The number of halogens is 1. The number of piperazine rings is 1. The fourth-order valence-corrected chi connectivity index (χ4v) is 4.22. The van der Waals surface area contributed by atoms with Gasteiger partial charge in [-0.1, -0.05) is 12.1 Å². The fraction of sp³-hybridized carbons (Fsp3) is 0.429. The highest BCUT2D eigenvalue weighted by molar-refractivity contribution is 5.96. The quantitative estimate of drug-likeness (QED) is 0.494. The van der Waals surface area contributed by atoms with Gasteiger partial charge < -0.3 is 20.9 Å². The molecular weight excluding hydrogens is 487 g/mol. The fourth-order valence-electron chi connectivity index (χ4n) is 4.22. The molecule has 1 saturated carbocycles. The van der Waals surface area contributed by atoms with Crippen molar-refractivity contribution in [3.05, 3.63) is 65.0 Å². The van der Waals surface area contributed by atoms with E-state index in [0.29, 0.717) is 50.7 Å². The molecule has 0 spiro atoms. The summed E-state index contributed by atoms with van der Waals surface area (Å²) in [5.74, 6) is -0.697. The number of carbonyl (C=O) groups excluding carboxylic acids is 3. The maximum atomic E-state index is 14.6. The Bertz CT molecular complexity index is 1250. The molecule has 4 amide bonds. The summed E-state index contributed by atoms with van der Waals surface area (Å²) in [5, 5.41) is 17.1. The molecule has 200 valence electrons. The number of urea groups is 1. The highest BCUT2D eigenvalue weighted by Gasteiger charge is 2.25. The highest BCUT2D eigenvalue weighted by atomic mass is 19.1. The van der Waals surface area contributed by atoms with E-state index in [9.17, 15) is 18.8 Å². The maximum Gasteiger partial charge on any atom is 0.319 e. The van der Waals surface area contributed by atoms with Crippen molar-refractivity contribution in [3.8, 4) is 6.07 Å². The molecule has 0 unspecified atom stereocenters. The van der Waals surface area contributed by atoms with Gasteiger partial charge in [0.1, 0.15) is 11.4 Å². The first kappa shape index (κ1) is 27.1. The number of hydrogen-bond acceptors (Lipinski definition) is 5. The molecule has 2 aromatic rings. The van der Waals surface area contributed by atoms with Crippen molar-refractivity contribution in [2.45, 2.75) is 38.8 Å². The van der Waals surface area contributed by atoms with Crippen molar-refractivity contribution in [1.82, 2.24) is 20.4 Å². The second-order valence-electron chi connectivity index (χ2n) is 10.4. The molecule has 4 rings (SSSR count). The van der Waals surface area contributed by atoms with E-state index in [1.807, 2.05) is 18.2 Å². The lowest BCUT2D eigenvalue weighted by Gasteiger charge is -2.35. The van der Waals surface area contributed by atoms with E-state index in [0.717, 1.165) is 24.5 Å². The Morgan fingerprint density at radius 1 is 1.05 bits per heavy atom. The third-order valence-electron chi connectivity index (χ3n) is 6.67. The summed E-state index contributed by atoms with van der Waals surface area (Å²) < 4.78 is 14.6. The summed E-state index contributed by atoms with van der Waals surface area (Å²) in [6, 6.07) is 13.0. The van der Waals surface area contributed by atoms with Crippen molar-refractivity contribution in [3.63, 3.8) is 0 Å². The van der Waals surface area contributed by atoms with Crippen LogP contribution in [0.4, 0.5) is 14.9 Å². The molecule has 10 heteroatoms. The van der Waals surface area contributed by atoms with Gasteiger partial charge >= 0.3 is 6.03 Å². The third-order valence-corrected chi connectivity index (χ3v) is 6.67. The molecule has 2 fully saturated rings. The Labute approximate surface area is 222 Å². The molecule has 1 aliphatic heterocycles. The Morgan fingerprint density at radius 3 is 2.45 bits per heavy atom. The molecule has 38 heavy (non-hydrogen) atoms. The van der Waals surface area contributed by atoms with Crippen molar-refractivity contribution >= 4 is 23.5 Å². The first-order chi connectivity index (χ1) is 18.1. The van der Waals surface area contributed by atoms with Gasteiger partial charge in [0.05, 0.1) is 11.8 Å². The van der Waals surface area contributed by atoms with E-state index < -0.39 is 17.4 Å². The minimum atomic E-state index is -0.958. The number of carbonyl (C=O) groups is 3. The first-order valence-electron chi connectivity index (χ1n) is 12.8. The molecular formula is C28H33FN6O3. The molecule has 0 radical (unpaired) electrons. The van der Waals surface area contributed by atoms with Gasteiger partial charge in [-0.2, -0.15) is 5.26 Å². The molecule has 9 nitrogen and oxygen atoms in total. The number of rotatable bonds is 8. The summed E-state index contributed by atoms with van der Waals surface area (Å²) in [7, 11) is 0. The summed E-state index contributed by atoms with van der Waals surface area (Å²) in [5.41, 5.74) is 0.754. The Hall–Kier alpha value is -3.97. The number of nitrogens with zero attached hydrogens (tertiary/aromatic N) is 3. The highest BCUT2D eigenvalue weighted by Crippen LogP contribution is 2.27. The van der Waals surface area contributed by atoms with Gasteiger partial charge in [0.15, 0.2) is 0 Å². The lowest BCUT2D eigenvalue weighted by Crippen LogP contribution is -2.48. The zero-order valence-corrected chi connectivity index (χ0v) is 21.7. The Kier molecular flexibility index (Phi) is 8.27. The number of nitriles is 1. The van der Waals surface area contributed by atoms with Crippen LogP contribution in [0.15, 0.2) is 42.5 Å².